The molecule has 0 saturated heterocycles. The molecule has 7 heteroatoms. The zero-order valence-electron chi connectivity index (χ0n) is 11.3. The van der Waals surface area contributed by atoms with Crippen molar-refractivity contribution in [2.24, 2.45) is 0 Å². The molecule has 5 nitrogen and oxygen atoms in total. The van der Waals surface area contributed by atoms with Crippen LogP contribution >= 0.6 is 23.4 Å². The van der Waals surface area contributed by atoms with Crippen LogP contribution in [0.2, 0.25) is 5.02 Å². The summed E-state index contributed by atoms with van der Waals surface area (Å²) in [5.74, 6) is 1.03. The molecule has 2 N–H and O–H groups in total. The fourth-order valence-electron chi connectivity index (χ4n) is 2.20. The lowest BCUT2D eigenvalue weighted by molar-refractivity contribution is 0.204. The Bertz CT molecular complexity index is 630. The van der Waals surface area contributed by atoms with Crippen molar-refractivity contribution < 1.29 is 10.2 Å². The van der Waals surface area contributed by atoms with Crippen LogP contribution in [0, 0.1) is 0 Å². The summed E-state index contributed by atoms with van der Waals surface area (Å²) in [5.41, 5.74) is 0.714. The maximum Gasteiger partial charge on any atom is 0.191 e. The number of aliphatic hydroxyl groups excluding tert-OH is 2. The SMILES string of the molecule is OCc1nnc(SCC(O)c2ccccc2Cl)n1C1CC1. The maximum atomic E-state index is 10.3. The van der Waals surface area contributed by atoms with Crippen LogP contribution in [0.1, 0.15) is 36.4 Å². The van der Waals surface area contributed by atoms with Crippen LogP contribution in [0.15, 0.2) is 29.4 Å². The van der Waals surface area contributed by atoms with Crippen molar-refractivity contribution >= 4 is 23.4 Å². The van der Waals surface area contributed by atoms with E-state index in [1.54, 1.807) is 6.07 Å². The lowest BCUT2D eigenvalue weighted by atomic mass is 10.1. The van der Waals surface area contributed by atoms with Crippen LogP contribution in [0.3, 0.4) is 0 Å². The molecule has 1 unspecified atom stereocenters. The largest absolute Gasteiger partial charge is 0.388 e. The molecule has 21 heavy (non-hydrogen) atoms. The van der Waals surface area contributed by atoms with E-state index in [9.17, 15) is 10.2 Å². The fraction of sp³-hybridized carbons (Fsp3) is 0.429. The van der Waals surface area contributed by atoms with E-state index in [0.717, 1.165) is 18.0 Å². The van der Waals surface area contributed by atoms with E-state index in [-0.39, 0.29) is 6.61 Å². The average Bonchev–Trinajstić information content (AvgIpc) is 3.25. The molecule has 1 aromatic heterocycles. The van der Waals surface area contributed by atoms with E-state index >= 15 is 0 Å². The van der Waals surface area contributed by atoms with Gasteiger partial charge in [0.1, 0.15) is 6.61 Å². The molecule has 1 atom stereocenters. The highest BCUT2D eigenvalue weighted by Gasteiger charge is 2.29. The van der Waals surface area contributed by atoms with Crippen molar-refractivity contribution in [1.82, 2.24) is 14.8 Å². The Morgan fingerprint density at radius 3 is 2.76 bits per heavy atom. The standard InChI is InChI=1S/C14H16ClN3O2S/c15-11-4-2-1-3-10(11)12(20)8-21-14-17-16-13(7-19)18(14)9-5-6-9/h1-4,9,12,19-20H,5-8H2. The third kappa shape index (κ3) is 3.23. The molecule has 1 aliphatic carbocycles. The molecule has 112 valence electrons. The van der Waals surface area contributed by atoms with Gasteiger partial charge in [-0.3, -0.25) is 0 Å². The van der Waals surface area contributed by atoms with Gasteiger partial charge >= 0.3 is 0 Å². The summed E-state index contributed by atoms with van der Waals surface area (Å²) in [6, 6.07) is 7.66. The lowest BCUT2D eigenvalue weighted by Gasteiger charge is -2.12. The van der Waals surface area contributed by atoms with E-state index < -0.39 is 6.10 Å². The zero-order chi connectivity index (χ0) is 14.8. The molecule has 3 rings (SSSR count). The molecule has 1 saturated carbocycles. The van der Waals surface area contributed by atoms with E-state index in [0.29, 0.717) is 28.2 Å². The molecular formula is C14H16ClN3O2S. The van der Waals surface area contributed by atoms with E-state index in [4.69, 9.17) is 11.6 Å². The normalized spacial score (nSPS) is 16.1. The smallest absolute Gasteiger partial charge is 0.191 e. The van der Waals surface area contributed by atoms with Gasteiger partial charge in [-0.2, -0.15) is 0 Å². The Balaban J connectivity index is 1.70. The molecule has 1 aliphatic rings. The van der Waals surface area contributed by atoms with Crippen LogP contribution in [0.5, 0.6) is 0 Å². The molecule has 1 heterocycles. The first-order chi connectivity index (χ1) is 10.2. The number of rotatable bonds is 6. The van der Waals surface area contributed by atoms with Gasteiger partial charge in [0.25, 0.3) is 0 Å². The number of benzene rings is 1. The summed E-state index contributed by atoms with van der Waals surface area (Å²) >= 11 is 7.52. The van der Waals surface area contributed by atoms with Crippen molar-refractivity contribution in [3.63, 3.8) is 0 Å². The Kier molecular flexibility index (Phi) is 4.49. The van der Waals surface area contributed by atoms with Gasteiger partial charge in [-0.1, -0.05) is 41.6 Å². The average molecular weight is 326 g/mol. The molecule has 0 spiro atoms. The molecule has 0 aliphatic heterocycles. The van der Waals surface area contributed by atoms with Gasteiger partial charge in [0.05, 0.1) is 6.10 Å². The Morgan fingerprint density at radius 2 is 2.10 bits per heavy atom. The highest BCUT2D eigenvalue weighted by atomic mass is 35.5. The van der Waals surface area contributed by atoms with E-state index in [1.807, 2.05) is 22.8 Å². The quantitative estimate of drug-likeness (QED) is 0.799. The summed E-state index contributed by atoms with van der Waals surface area (Å²) in [6.45, 7) is -0.114. The number of aromatic nitrogens is 3. The summed E-state index contributed by atoms with van der Waals surface area (Å²) in [7, 11) is 0. The molecule has 0 bridgehead atoms. The van der Waals surface area contributed by atoms with Gasteiger partial charge in [-0.25, -0.2) is 0 Å². The molecular weight excluding hydrogens is 310 g/mol. The van der Waals surface area contributed by atoms with Crippen LogP contribution in [-0.2, 0) is 6.61 Å². The minimum absolute atomic E-state index is 0.114. The first kappa shape index (κ1) is 14.8. The van der Waals surface area contributed by atoms with Crippen molar-refractivity contribution in [3.05, 3.63) is 40.7 Å². The summed E-state index contributed by atoms with van der Waals surface area (Å²) in [4.78, 5) is 0. The number of halogens is 1. The van der Waals surface area contributed by atoms with Crippen LogP contribution in [-0.4, -0.2) is 30.7 Å². The monoisotopic (exact) mass is 325 g/mol. The van der Waals surface area contributed by atoms with Crippen LogP contribution in [0.25, 0.3) is 0 Å². The van der Waals surface area contributed by atoms with E-state index in [2.05, 4.69) is 10.2 Å². The Hall–Kier alpha value is -1.08. The second kappa shape index (κ2) is 6.36. The predicted octanol–water partition coefficient (Wildman–Crippen LogP) is 2.58. The highest BCUT2D eigenvalue weighted by Crippen LogP contribution is 2.39. The summed E-state index contributed by atoms with van der Waals surface area (Å²) < 4.78 is 1.98. The van der Waals surface area contributed by atoms with Gasteiger partial charge in [-0.05, 0) is 24.5 Å². The van der Waals surface area contributed by atoms with Crippen molar-refractivity contribution in [2.45, 2.75) is 36.8 Å². The highest BCUT2D eigenvalue weighted by molar-refractivity contribution is 7.99. The minimum Gasteiger partial charge on any atom is -0.388 e. The summed E-state index contributed by atoms with van der Waals surface area (Å²) in [6.07, 6.45) is 1.52. The van der Waals surface area contributed by atoms with Gasteiger partial charge < -0.3 is 14.8 Å². The molecule has 0 amide bonds. The first-order valence-corrected chi connectivity index (χ1v) is 8.17. The topological polar surface area (TPSA) is 71.2 Å². The van der Waals surface area contributed by atoms with Gasteiger partial charge in [0.15, 0.2) is 11.0 Å². The van der Waals surface area contributed by atoms with Crippen molar-refractivity contribution in [1.29, 1.82) is 0 Å². The van der Waals surface area contributed by atoms with Gasteiger partial charge in [0, 0.05) is 16.8 Å². The first-order valence-electron chi connectivity index (χ1n) is 6.80. The second-order valence-electron chi connectivity index (χ2n) is 5.01. The van der Waals surface area contributed by atoms with Crippen LogP contribution in [0.4, 0.5) is 0 Å². The molecule has 1 aromatic carbocycles. The zero-order valence-corrected chi connectivity index (χ0v) is 12.9. The van der Waals surface area contributed by atoms with Gasteiger partial charge in [-0.15, -0.1) is 10.2 Å². The van der Waals surface area contributed by atoms with Gasteiger partial charge in [0.2, 0.25) is 0 Å². The summed E-state index contributed by atoms with van der Waals surface area (Å²) in [5, 5.41) is 29.0. The Labute approximate surface area is 132 Å². The van der Waals surface area contributed by atoms with Crippen molar-refractivity contribution in [2.75, 3.05) is 5.75 Å². The number of aliphatic hydroxyl groups is 2. The fourth-order valence-corrected chi connectivity index (χ4v) is 3.44. The van der Waals surface area contributed by atoms with Crippen LogP contribution < -0.4 is 0 Å². The second-order valence-corrected chi connectivity index (χ2v) is 6.40. The minimum atomic E-state index is -0.661. The molecule has 0 radical (unpaired) electrons. The molecule has 2 aromatic rings. The third-order valence-electron chi connectivity index (χ3n) is 3.42. The molecule has 1 fully saturated rings. The lowest BCUT2D eigenvalue weighted by Crippen LogP contribution is -2.05. The predicted molar refractivity (Wildman–Crippen MR) is 81.4 cm³/mol. The third-order valence-corrected chi connectivity index (χ3v) is 4.79. The number of hydrogen-bond acceptors (Lipinski definition) is 5. The number of hydrogen-bond donors (Lipinski definition) is 2. The van der Waals surface area contributed by atoms with Crippen molar-refractivity contribution in [3.8, 4) is 0 Å². The van der Waals surface area contributed by atoms with E-state index in [1.165, 1.54) is 11.8 Å². The Morgan fingerprint density at radius 1 is 1.33 bits per heavy atom. The number of nitrogens with zero attached hydrogens (tertiary/aromatic N) is 3. The maximum absolute atomic E-state index is 10.3. The number of thioether (sulfide) groups is 1.